The van der Waals surface area contributed by atoms with E-state index in [1.54, 1.807) is 0 Å². The van der Waals surface area contributed by atoms with Crippen LogP contribution in [0.5, 0.6) is 0 Å². The van der Waals surface area contributed by atoms with E-state index in [2.05, 4.69) is 53.2 Å². The highest BCUT2D eigenvalue weighted by atomic mass is 15.0. The van der Waals surface area contributed by atoms with Crippen molar-refractivity contribution in [3.05, 3.63) is 52.6 Å². The number of aromatic amines is 1. The van der Waals surface area contributed by atoms with Crippen molar-refractivity contribution in [2.24, 2.45) is 0 Å². The molecule has 23 heavy (non-hydrogen) atoms. The third-order valence-electron chi connectivity index (χ3n) is 4.72. The molecule has 0 radical (unpaired) electrons. The topological polar surface area (TPSA) is 53.6 Å². The van der Waals surface area contributed by atoms with Crippen molar-refractivity contribution >= 4 is 16.7 Å². The Balaban J connectivity index is 1.62. The number of aromatic nitrogens is 3. The Bertz CT molecular complexity index is 874. The number of anilines is 1. The second kappa shape index (κ2) is 5.37. The van der Waals surface area contributed by atoms with E-state index in [-0.39, 0.29) is 0 Å². The van der Waals surface area contributed by atoms with Gasteiger partial charge in [-0.05, 0) is 56.9 Å². The fraction of sp³-hybridized carbons (Fsp3) is 0.368. The summed E-state index contributed by atoms with van der Waals surface area (Å²) in [4.78, 5) is 12.5. The van der Waals surface area contributed by atoms with Gasteiger partial charge in [-0.25, -0.2) is 9.97 Å². The van der Waals surface area contributed by atoms with Gasteiger partial charge in [0, 0.05) is 29.7 Å². The van der Waals surface area contributed by atoms with Crippen molar-refractivity contribution in [3.63, 3.8) is 0 Å². The second-order valence-electron chi connectivity index (χ2n) is 6.65. The molecule has 0 aliphatic heterocycles. The van der Waals surface area contributed by atoms with Gasteiger partial charge < -0.3 is 10.3 Å². The van der Waals surface area contributed by atoms with Gasteiger partial charge in [0.2, 0.25) is 0 Å². The maximum absolute atomic E-state index is 4.64. The van der Waals surface area contributed by atoms with Crippen molar-refractivity contribution in [2.75, 3.05) is 5.32 Å². The lowest BCUT2D eigenvalue weighted by atomic mass is 10.0. The zero-order valence-corrected chi connectivity index (χ0v) is 13.9. The summed E-state index contributed by atoms with van der Waals surface area (Å²) in [5.41, 5.74) is 6.38. The first-order chi connectivity index (χ1) is 11.1. The van der Waals surface area contributed by atoms with Crippen molar-refractivity contribution in [2.45, 2.75) is 46.1 Å². The maximum atomic E-state index is 4.64. The van der Waals surface area contributed by atoms with E-state index in [4.69, 9.17) is 0 Å². The Morgan fingerprint density at radius 3 is 2.83 bits per heavy atom. The highest BCUT2D eigenvalue weighted by Crippen LogP contribution is 2.38. The predicted octanol–water partition coefficient (Wildman–Crippen LogP) is 4.37. The number of H-pyrrole nitrogens is 1. The third-order valence-corrected chi connectivity index (χ3v) is 4.72. The van der Waals surface area contributed by atoms with Crippen molar-refractivity contribution in [3.8, 4) is 0 Å². The van der Waals surface area contributed by atoms with E-state index in [1.165, 1.54) is 46.1 Å². The quantitative estimate of drug-likeness (QED) is 0.752. The minimum Gasteiger partial charge on any atom is -0.366 e. The van der Waals surface area contributed by atoms with Gasteiger partial charge >= 0.3 is 0 Å². The van der Waals surface area contributed by atoms with Gasteiger partial charge in [-0.1, -0.05) is 11.6 Å². The minimum atomic E-state index is 0.580. The third kappa shape index (κ3) is 2.69. The molecule has 1 saturated carbocycles. The lowest BCUT2D eigenvalue weighted by Gasteiger charge is -2.09. The number of hydrogen-bond donors (Lipinski definition) is 2. The van der Waals surface area contributed by atoms with Crippen LogP contribution in [-0.4, -0.2) is 15.0 Å². The molecule has 1 aliphatic rings. The fourth-order valence-electron chi connectivity index (χ4n) is 3.12. The lowest BCUT2D eigenvalue weighted by molar-refractivity contribution is 0.921. The van der Waals surface area contributed by atoms with Crippen LogP contribution in [0.4, 0.5) is 5.82 Å². The van der Waals surface area contributed by atoms with E-state index in [0.717, 1.165) is 18.2 Å². The van der Waals surface area contributed by atoms with Crippen LogP contribution in [0.25, 0.3) is 10.9 Å². The molecule has 0 spiro atoms. The summed E-state index contributed by atoms with van der Waals surface area (Å²) in [5.74, 6) is 2.48. The molecule has 0 unspecified atom stereocenters. The molecule has 1 aromatic carbocycles. The lowest BCUT2D eigenvalue weighted by Crippen LogP contribution is -2.04. The molecule has 4 heteroatoms. The molecule has 2 heterocycles. The van der Waals surface area contributed by atoms with Crippen LogP contribution in [0.15, 0.2) is 24.4 Å². The van der Waals surface area contributed by atoms with Crippen LogP contribution in [0.1, 0.15) is 47.0 Å². The molecular weight excluding hydrogens is 284 g/mol. The number of rotatable bonds is 4. The average Bonchev–Trinajstić information content (AvgIpc) is 3.35. The number of nitrogens with zero attached hydrogens (tertiary/aromatic N) is 2. The van der Waals surface area contributed by atoms with Crippen LogP contribution in [0, 0.1) is 20.8 Å². The van der Waals surface area contributed by atoms with Crippen LogP contribution in [0.3, 0.4) is 0 Å². The monoisotopic (exact) mass is 306 g/mol. The number of fused-ring (bicyclic) bond motifs is 1. The SMILES string of the molecule is Cc1cc(CNc2ccnc(C3CC3)n2)c2[nH]c(C)c(C)c2c1. The largest absolute Gasteiger partial charge is 0.366 e. The van der Waals surface area contributed by atoms with Crippen LogP contribution in [0.2, 0.25) is 0 Å². The van der Waals surface area contributed by atoms with E-state index in [0.29, 0.717) is 5.92 Å². The van der Waals surface area contributed by atoms with Crippen LogP contribution in [-0.2, 0) is 6.54 Å². The average molecular weight is 306 g/mol. The van der Waals surface area contributed by atoms with Crippen molar-refractivity contribution in [1.82, 2.24) is 15.0 Å². The zero-order valence-electron chi connectivity index (χ0n) is 13.9. The van der Waals surface area contributed by atoms with Gasteiger partial charge in [-0.15, -0.1) is 0 Å². The molecule has 2 aromatic heterocycles. The fourth-order valence-corrected chi connectivity index (χ4v) is 3.12. The summed E-state index contributed by atoms with van der Waals surface area (Å²) in [5, 5.41) is 4.78. The smallest absolute Gasteiger partial charge is 0.133 e. The molecule has 1 aliphatic carbocycles. The van der Waals surface area contributed by atoms with Crippen LogP contribution < -0.4 is 5.32 Å². The van der Waals surface area contributed by atoms with E-state index in [1.807, 2.05) is 12.3 Å². The van der Waals surface area contributed by atoms with Gasteiger partial charge in [0.25, 0.3) is 0 Å². The molecule has 3 aromatic rings. The number of nitrogens with one attached hydrogen (secondary N) is 2. The highest BCUT2D eigenvalue weighted by molar-refractivity contribution is 5.88. The van der Waals surface area contributed by atoms with Gasteiger partial charge in [-0.3, -0.25) is 0 Å². The Labute approximate surface area is 136 Å². The second-order valence-corrected chi connectivity index (χ2v) is 6.65. The maximum Gasteiger partial charge on any atom is 0.133 e. The molecule has 2 N–H and O–H groups in total. The normalized spacial score (nSPS) is 14.4. The summed E-state index contributed by atoms with van der Waals surface area (Å²) in [6.45, 7) is 7.23. The number of benzene rings is 1. The molecule has 0 saturated heterocycles. The van der Waals surface area contributed by atoms with Gasteiger partial charge in [0.1, 0.15) is 11.6 Å². The molecular formula is C19H22N4. The first-order valence-electron chi connectivity index (χ1n) is 8.27. The predicted molar refractivity (Wildman–Crippen MR) is 93.8 cm³/mol. The highest BCUT2D eigenvalue weighted by Gasteiger charge is 2.26. The Morgan fingerprint density at radius 2 is 2.04 bits per heavy atom. The molecule has 4 rings (SSSR count). The molecule has 4 nitrogen and oxygen atoms in total. The van der Waals surface area contributed by atoms with Gasteiger partial charge in [0.15, 0.2) is 0 Å². The Morgan fingerprint density at radius 1 is 1.22 bits per heavy atom. The molecule has 0 amide bonds. The van der Waals surface area contributed by atoms with Gasteiger partial charge in [0.05, 0.1) is 5.52 Å². The first kappa shape index (κ1) is 14.2. The van der Waals surface area contributed by atoms with Crippen LogP contribution >= 0.6 is 0 Å². The first-order valence-corrected chi connectivity index (χ1v) is 8.27. The summed E-state index contributed by atoms with van der Waals surface area (Å²) >= 11 is 0. The minimum absolute atomic E-state index is 0.580. The van der Waals surface area contributed by atoms with Crippen molar-refractivity contribution < 1.29 is 0 Å². The molecule has 0 bridgehead atoms. The standard InChI is InChI=1S/C19H22N4/c1-11-8-15(18-16(9-11)12(2)13(3)22-18)10-21-17-6-7-20-19(23-17)14-4-5-14/h6-9,14,22H,4-5,10H2,1-3H3,(H,20,21,23). The molecule has 0 atom stereocenters. The van der Waals surface area contributed by atoms with E-state index >= 15 is 0 Å². The van der Waals surface area contributed by atoms with E-state index < -0.39 is 0 Å². The summed E-state index contributed by atoms with van der Waals surface area (Å²) < 4.78 is 0. The number of hydrogen-bond acceptors (Lipinski definition) is 3. The van der Waals surface area contributed by atoms with Crippen molar-refractivity contribution in [1.29, 1.82) is 0 Å². The molecule has 1 fully saturated rings. The Hall–Kier alpha value is -2.36. The summed E-state index contributed by atoms with van der Waals surface area (Å²) in [6, 6.07) is 6.45. The Kier molecular flexibility index (Phi) is 3.33. The molecule has 118 valence electrons. The van der Waals surface area contributed by atoms with Gasteiger partial charge in [-0.2, -0.15) is 0 Å². The number of aryl methyl sites for hydroxylation is 3. The summed E-state index contributed by atoms with van der Waals surface area (Å²) in [6.07, 6.45) is 4.31. The van der Waals surface area contributed by atoms with E-state index in [9.17, 15) is 0 Å². The zero-order chi connectivity index (χ0) is 16.0. The summed E-state index contributed by atoms with van der Waals surface area (Å²) in [7, 11) is 0.